The maximum Gasteiger partial charge on any atom is 0.412 e. The van der Waals surface area contributed by atoms with Crippen LogP contribution in [0.25, 0.3) is 0 Å². The number of benzene rings is 1. The molecule has 2 aromatic rings. The van der Waals surface area contributed by atoms with Gasteiger partial charge < -0.3 is 10.1 Å². The van der Waals surface area contributed by atoms with E-state index >= 15 is 0 Å². The van der Waals surface area contributed by atoms with Crippen molar-refractivity contribution in [3.8, 4) is 0 Å². The molecule has 0 spiro atoms. The standard InChI is InChI=1S/C16H22N4O2/c1-11(14-9-10-17-20-14)18-12-5-7-13(8-6-12)19-15(21)22-16(2,3)4/h5-11,18H,1-4H3,(H,17,20)(H,19,21). The van der Waals surface area contributed by atoms with E-state index in [9.17, 15) is 4.79 Å². The molecular formula is C16H22N4O2. The van der Waals surface area contributed by atoms with Gasteiger partial charge in [0.05, 0.1) is 11.7 Å². The molecule has 0 saturated carbocycles. The van der Waals surface area contributed by atoms with Crippen LogP contribution in [0, 0.1) is 0 Å². The largest absolute Gasteiger partial charge is 0.444 e. The first-order valence-corrected chi connectivity index (χ1v) is 7.19. The average molecular weight is 302 g/mol. The molecule has 22 heavy (non-hydrogen) atoms. The summed E-state index contributed by atoms with van der Waals surface area (Å²) >= 11 is 0. The molecule has 0 aliphatic carbocycles. The summed E-state index contributed by atoms with van der Waals surface area (Å²) in [4.78, 5) is 11.7. The Morgan fingerprint density at radius 1 is 1.18 bits per heavy atom. The fourth-order valence-electron chi connectivity index (χ4n) is 1.91. The zero-order valence-corrected chi connectivity index (χ0v) is 13.3. The number of anilines is 2. The van der Waals surface area contributed by atoms with Gasteiger partial charge in [-0.25, -0.2) is 4.79 Å². The number of H-pyrrole nitrogens is 1. The monoisotopic (exact) mass is 302 g/mol. The molecule has 2 rings (SSSR count). The van der Waals surface area contributed by atoms with Crippen LogP contribution in [0.15, 0.2) is 36.5 Å². The fourth-order valence-corrected chi connectivity index (χ4v) is 1.91. The number of aromatic nitrogens is 2. The zero-order chi connectivity index (χ0) is 16.2. The average Bonchev–Trinajstić information content (AvgIpc) is 2.92. The molecular weight excluding hydrogens is 280 g/mol. The Morgan fingerprint density at radius 3 is 2.36 bits per heavy atom. The summed E-state index contributed by atoms with van der Waals surface area (Å²) in [6.45, 7) is 7.53. The Balaban J connectivity index is 1.91. The molecule has 6 heteroatoms. The van der Waals surface area contributed by atoms with Crippen molar-refractivity contribution in [2.75, 3.05) is 10.6 Å². The van der Waals surface area contributed by atoms with E-state index < -0.39 is 11.7 Å². The van der Waals surface area contributed by atoms with Crippen molar-refractivity contribution in [3.05, 3.63) is 42.2 Å². The third-order valence-corrected chi connectivity index (χ3v) is 2.90. The fraction of sp³-hybridized carbons (Fsp3) is 0.375. The number of hydrogen-bond acceptors (Lipinski definition) is 4. The van der Waals surface area contributed by atoms with E-state index in [-0.39, 0.29) is 6.04 Å². The van der Waals surface area contributed by atoms with Gasteiger partial charge in [-0.2, -0.15) is 5.10 Å². The van der Waals surface area contributed by atoms with Crippen LogP contribution in [0.2, 0.25) is 0 Å². The molecule has 0 radical (unpaired) electrons. The highest BCUT2D eigenvalue weighted by Gasteiger charge is 2.16. The van der Waals surface area contributed by atoms with E-state index in [1.807, 2.05) is 58.0 Å². The van der Waals surface area contributed by atoms with Crippen LogP contribution < -0.4 is 10.6 Å². The van der Waals surface area contributed by atoms with E-state index in [1.165, 1.54) is 0 Å². The third kappa shape index (κ3) is 4.80. The Morgan fingerprint density at radius 2 is 1.82 bits per heavy atom. The third-order valence-electron chi connectivity index (χ3n) is 2.90. The minimum atomic E-state index is -0.509. The van der Waals surface area contributed by atoms with Crippen molar-refractivity contribution in [1.82, 2.24) is 10.2 Å². The van der Waals surface area contributed by atoms with Crippen LogP contribution >= 0.6 is 0 Å². The number of hydrogen-bond donors (Lipinski definition) is 3. The second-order valence-electron chi connectivity index (χ2n) is 6.08. The summed E-state index contributed by atoms with van der Waals surface area (Å²) in [5.41, 5.74) is 2.15. The normalized spacial score (nSPS) is 12.5. The predicted octanol–water partition coefficient (Wildman–Crippen LogP) is 3.93. The molecule has 1 atom stereocenters. The van der Waals surface area contributed by atoms with Crippen LogP contribution in [-0.4, -0.2) is 21.9 Å². The minimum Gasteiger partial charge on any atom is -0.444 e. The summed E-state index contributed by atoms with van der Waals surface area (Å²) in [6, 6.07) is 9.50. The first kappa shape index (κ1) is 15.9. The van der Waals surface area contributed by atoms with Crippen LogP contribution in [0.3, 0.4) is 0 Å². The van der Waals surface area contributed by atoms with Gasteiger partial charge in [0.25, 0.3) is 0 Å². The Hall–Kier alpha value is -2.50. The lowest BCUT2D eigenvalue weighted by Gasteiger charge is -2.20. The molecule has 1 heterocycles. The highest BCUT2D eigenvalue weighted by molar-refractivity contribution is 5.85. The number of carbonyl (C=O) groups is 1. The molecule has 1 aromatic heterocycles. The number of nitrogens with one attached hydrogen (secondary N) is 3. The Kier molecular flexibility index (Phi) is 4.70. The molecule has 0 fully saturated rings. The highest BCUT2D eigenvalue weighted by atomic mass is 16.6. The Labute approximate surface area is 130 Å². The number of rotatable bonds is 4. The quantitative estimate of drug-likeness (QED) is 0.799. The van der Waals surface area contributed by atoms with Gasteiger partial charge in [-0.3, -0.25) is 10.4 Å². The van der Waals surface area contributed by atoms with Crippen LogP contribution in [-0.2, 0) is 4.74 Å². The Bertz CT molecular complexity index is 600. The van der Waals surface area contributed by atoms with Crippen molar-refractivity contribution in [3.63, 3.8) is 0 Å². The van der Waals surface area contributed by atoms with E-state index in [0.717, 1.165) is 11.4 Å². The smallest absolute Gasteiger partial charge is 0.412 e. The molecule has 1 amide bonds. The number of carbonyl (C=O) groups excluding carboxylic acids is 1. The second kappa shape index (κ2) is 6.51. The van der Waals surface area contributed by atoms with Gasteiger partial charge in [-0.05, 0) is 58.0 Å². The number of nitrogens with zero attached hydrogens (tertiary/aromatic N) is 1. The molecule has 0 aliphatic heterocycles. The lowest BCUT2D eigenvalue weighted by molar-refractivity contribution is 0.0636. The molecule has 118 valence electrons. The molecule has 0 aliphatic rings. The van der Waals surface area contributed by atoms with Gasteiger partial charge in [-0.15, -0.1) is 0 Å². The van der Waals surface area contributed by atoms with Gasteiger partial charge in [0.1, 0.15) is 5.60 Å². The summed E-state index contributed by atoms with van der Waals surface area (Å²) in [6.07, 6.45) is 1.26. The van der Waals surface area contributed by atoms with Crippen molar-refractivity contribution < 1.29 is 9.53 Å². The van der Waals surface area contributed by atoms with Gasteiger partial charge >= 0.3 is 6.09 Å². The van der Waals surface area contributed by atoms with Crippen molar-refractivity contribution in [2.24, 2.45) is 0 Å². The summed E-state index contributed by atoms with van der Waals surface area (Å²) in [7, 11) is 0. The first-order valence-electron chi connectivity index (χ1n) is 7.19. The minimum absolute atomic E-state index is 0.118. The van der Waals surface area contributed by atoms with Crippen LogP contribution in [0.5, 0.6) is 0 Å². The molecule has 0 saturated heterocycles. The number of amides is 1. The highest BCUT2D eigenvalue weighted by Crippen LogP contribution is 2.20. The maximum atomic E-state index is 11.7. The summed E-state index contributed by atoms with van der Waals surface area (Å²) in [5, 5.41) is 12.9. The van der Waals surface area contributed by atoms with Crippen LogP contribution in [0.4, 0.5) is 16.2 Å². The van der Waals surface area contributed by atoms with Crippen LogP contribution in [0.1, 0.15) is 39.4 Å². The van der Waals surface area contributed by atoms with E-state index in [1.54, 1.807) is 6.20 Å². The topological polar surface area (TPSA) is 79.0 Å². The van der Waals surface area contributed by atoms with Gasteiger partial charge in [0.2, 0.25) is 0 Å². The second-order valence-corrected chi connectivity index (χ2v) is 6.08. The van der Waals surface area contributed by atoms with E-state index in [4.69, 9.17) is 4.74 Å². The SMILES string of the molecule is CC(Nc1ccc(NC(=O)OC(C)(C)C)cc1)c1ccn[nH]1. The predicted molar refractivity (Wildman–Crippen MR) is 86.9 cm³/mol. The molecule has 1 aromatic carbocycles. The maximum absolute atomic E-state index is 11.7. The van der Waals surface area contributed by atoms with Gasteiger partial charge in [0, 0.05) is 17.6 Å². The molecule has 3 N–H and O–H groups in total. The van der Waals surface area contributed by atoms with E-state index in [0.29, 0.717) is 5.69 Å². The first-order chi connectivity index (χ1) is 10.3. The zero-order valence-electron chi connectivity index (χ0n) is 13.3. The molecule has 0 bridgehead atoms. The summed E-state index contributed by atoms with van der Waals surface area (Å²) in [5.74, 6) is 0. The van der Waals surface area contributed by atoms with Gasteiger partial charge in [-0.1, -0.05) is 0 Å². The van der Waals surface area contributed by atoms with Crippen molar-refractivity contribution in [2.45, 2.75) is 39.3 Å². The summed E-state index contributed by atoms with van der Waals surface area (Å²) < 4.78 is 5.21. The number of ether oxygens (including phenoxy) is 1. The van der Waals surface area contributed by atoms with Crippen molar-refractivity contribution in [1.29, 1.82) is 0 Å². The van der Waals surface area contributed by atoms with E-state index in [2.05, 4.69) is 20.8 Å². The number of aromatic amines is 1. The van der Waals surface area contributed by atoms with Gasteiger partial charge in [0.15, 0.2) is 0 Å². The lowest BCUT2D eigenvalue weighted by atomic mass is 10.2. The molecule has 6 nitrogen and oxygen atoms in total. The molecule has 1 unspecified atom stereocenters. The van der Waals surface area contributed by atoms with Crippen molar-refractivity contribution >= 4 is 17.5 Å². The lowest BCUT2D eigenvalue weighted by Crippen LogP contribution is -2.27.